The number of hydrogen-bond donors (Lipinski definition) is 1. The topological polar surface area (TPSA) is 140 Å². The summed E-state index contributed by atoms with van der Waals surface area (Å²) in [6.07, 6.45) is -0.888. The number of rotatable bonds is 3. The van der Waals surface area contributed by atoms with Crippen molar-refractivity contribution in [3.63, 3.8) is 0 Å². The molecule has 0 aliphatic carbocycles. The third-order valence-electron chi connectivity index (χ3n) is 2.97. The summed E-state index contributed by atoms with van der Waals surface area (Å²) in [7, 11) is -4.09. The van der Waals surface area contributed by atoms with Gasteiger partial charge in [-0.3, -0.25) is 10.1 Å². The highest BCUT2D eigenvalue weighted by Gasteiger charge is 2.35. The van der Waals surface area contributed by atoms with Gasteiger partial charge < -0.3 is 10.5 Å². The quantitative estimate of drug-likeness (QED) is 0.474. The molecule has 1 atom stereocenters. The van der Waals surface area contributed by atoms with E-state index in [0.29, 0.717) is 0 Å². The molecule has 10 heteroatoms. The van der Waals surface area contributed by atoms with E-state index in [2.05, 4.69) is 0 Å². The van der Waals surface area contributed by atoms with Gasteiger partial charge in [0.25, 0.3) is 5.69 Å². The number of nitriles is 1. The molecule has 1 aliphatic heterocycles. The van der Waals surface area contributed by atoms with Crippen molar-refractivity contribution in [2.24, 2.45) is 0 Å². The number of anilines is 1. The first-order chi connectivity index (χ1) is 9.86. The first-order valence-electron chi connectivity index (χ1n) is 5.91. The molecule has 1 aromatic carbocycles. The molecule has 9 nitrogen and oxygen atoms in total. The maximum atomic E-state index is 12.5. The van der Waals surface area contributed by atoms with Gasteiger partial charge in [-0.1, -0.05) is 0 Å². The lowest BCUT2D eigenvalue weighted by molar-refractivity contribution is -0.387. The average Bonchev–Trinajstić information content (AvgIpc) is 2.46. The van der Waals surface area contributed by atoms with E-state index in [1.165, 1.54) is 6.07 Å². The van der Waals surface area contributed by atoms with Crippen LogP contribution in [0.3, 0.4) is 0 Å². The molecule has 2 rings (SSSR count). The van der Waals surface area contributed by atoms with E-state index in [4.69, 9.17) is 15.7 Å². The predicted octanol–water partition coefficient (Wildman–Crippen LogP) is 0.0901. The van der Waals surface area contributed by atoms with Crippen LogP contribution < -0.4 is 5.73 Å². The second kappa shape index (κ2) is 5.65. The van der Waals surface area contributed by atoms with Crippen LogP contribution in [0.25, 0.3) is 0 Å². The Balaban J connectivity index is 2.45. The van der Waals surface area contributed by atoms with Gasteiger partial charge in [0.1, 0.15) is 0 Å². The number of hydrogen-bond acceptors (Lipinski definition) is 7. The molecule has 0 saturated carbocycles. The van der Waals surface area contributed by atoms with Crippen molar-refractivity contribution in [3.8, 4) is 6.07 Å². The summed E-state index contributed by atoms with van der Waals surface area (Å²) in [6, 6.07) is 5.19. The molecule has 1 fully saturated rings. The zero-order valence-corrected chi connectivity index (χ0v) is 11.6. The van der Waals surface area contributed by atoms with Crippen LogP contribution in [0, 0.1) is 21.4 Å². The van der Waals surface area contributed by atoms with Crippen LogP contribution in [0.2, 0.25) is 0 Å². The number of nitrogen functional groups attached to an aromatic ring is 1. The number of ether oxygens (including phenoxy) is 1. The van der Waals surface area contributed by atoms with Crippen LogP contribution in [0.1, 0.15) is 0 Å². The van der Waals surface area contributed by atoms with Gasteiger partial charge in [-0.05, 0) is 12.1 Å². The Morgan fingerprint density at radius 2 is 2.24 bits per heavy atom. The number of sulfonamides is 1. The largest absolute Gasteiger partial charge is 0.399 e. The highest BCUT2D eigenvalue weighted by atomic mass is 32.2. The molecule has 112 valence electrons. The van der Waals surface area contributed by atoms with E-state index in [-0.39, 0.29) is 25.4 Å². The fourth-order valence-electron chi connectivity index (χ4n) is 1.96. The maximum Gasteiger partial charge on any atom is 0.291 e. The van der Waals surface area contributed by atoms with Crippen molar-refractivity contribution >= 4 is 21.4 Å². The van der Waals surface area contributed by atoms with Gasteiger partial charge in [0.15, 0.2) is 11.0 Å². The van der Waals surface area contributed by atoms with Crippen molar-refractivity contribution < 1.29 is 18.1 Å². The van der Waals surface area contributed by atoms with Gasteiger partial charge in [-0.25, -0.2) is 8.42 Å². The van der Waals surface area contributed by atoms with Crippen LogP contribution >= 0.6 is 0 Å². The number of nitro groups is 1. The van der Waals surface area contributed by atoms with Crippen molar-refractivity contribution in [1.29, 1.82) is 5.26 Å². The van der Waals surface area contributed by atoms with E-state index < -0.39 is 31.6 Å². The fraction of sp³-hybridized carbons (Fsp3) is 0.364. The minimum Gasteiger partial charge on any atom is -0.399 e. The molecule has 0 amide bonds. The molecule has 0 aromatic heterocycles. The third kappa shape index (κ3) is 2.94. The predicted molar refractivity (Wildman–Crippen MR) is 71.6 cm³/mol. The van der Waals surface area contributed by atoms with Gasteiger partial charge in [0, 0.05) is 18.3 Å². The Labute approximate surface area is 120 Å². The van der Waals surface area contributed by atoms with Gasteiger partial charge in [-0.2, -0.15) is 9.57 Å². The number of nitro benzene ring substituents is 1. The highest BCUT2D eigenvalue weighted by molar-refractivity contribution is 7.89. The molecular weight excluding hydrogens is 300 g/mol. The summed E-state index contributed by atoms with van der Waals surface area (Å²) in [5.41, 5.74) is 4.96. The molecular formula is C11H12N4O5S. The SMILES string of the molecule is N#CC1CN(S(=O)(=O)c2ccc(N)cc2[N+](=O)[O-])CCO1. The summed E-state index contributed by atoms with van der Waals surface area (Å²) in [6.45, 7) is -0.0807. The Morgan fingerprint density at radius 3 is 2.86 bits per heavy atom. The van der Waals surface area contributed by atoms with Gasteiger partial charge in [0.2, 0.25) is 10.0 Å². The number of nitrogens with zero attached hydrogens (tertiary/aromatic N) is 3. The monoisotopic (exact) mass is 312 g/mol. The molecule has 1 aliphatic rings. The molecule has 1 heterocycles. The van der Waals surface area contributed by atoms with E-state index >= 15 is 0 Å². The van der Waals surface area contributed by atoms with E-state index in [1.807, 2.05) is 6.07 Å². The zero-order valence-electron chi connectivity index (χ0n) is 10.8. The maximum absolute atomic E-state index is 12.5. The number of benzene rings is 1. The molecule has 1 unspecified atom stereocenters. The summed E-state index contributed by atoms with van der Waals surface area (Å²) in [4.78, 5) is 9.77. The smallest absolute Gasteiger partial charge is 0.291 e. The molecule has 0 radical (unpaired) electrons. The first kappa shape index (κ1) is 15.2. The Bertz CT molecular complexity index is 712. The fourth-order valence-corrected chi connectivity index (χ4v) is 3.52. The first-order valence-corrected chi connectivity index (χ1v) is 7.35. The lowest BCUT2D eigenvalue weighted by atomic mass is 10.3. The van der Waals surface area contributed by atoms with Crippen molar-refractivity contribution in [2.75, 3.05) is 25.4 Å². The molecule has 0 bridgehead atoms. The van der Waals surface area contributed by atoms with Crippen molar-refractivity contribution in [2.45, 2.75) is 11.0 Å². The molecule has 2 N–H and O–H groups in total. The number of nitrogens with two attached hydrogens (primary N) is 1. The van der Waals surface area contributed by atoms with Crippen LogP contribution in [-0.4, -0.2) is 43.4 Å². The minimum atomic E-state index is -4.09. The molecule has 21 heavy (non-hydrogen) atoms. The summed E-state index contributed by atoms with van der Waals surface area (Å²) < 4.78 is 31.1. The van der Waals surface area contributed by atoms with E-state index in [9.17, 15) is 18.5 Å². The van der Waals surface area contributed by atoms with Crippen molar-refractivity contribution in [1.82, 2.24) is 4.31 Å². The summed E-state index contributed by atoms with van der Waals surface area (Å²) in [5, 5.41) is 19.8. The van der Waals surface area contributed by atoms with Crippen molar-refractivity contribution in [3.05, 3.63) is 28.3 Å². The third-order valence-corrected chi connectivity index (χ3v) is 4.88. The molecule has 0 spiro atoms. The summed E-state index contributed by atoms with van der Waals surface area (Å²) in [5.74, 6) is 0. The second-order valence-corrected chi connectivity index (χ2v) is 6.24. The van der Waals surface area contributed by atoms with Gasteiger partial charge in [0.05, 0.1) is 24.1 Å². The molecule has 1 saturated heterocycles. The van der Waals surface area contributed by atoms with E-state index in [0.717, 1.165) is 16.4 Å². The van der Waals surface area contributed by atoms with E-state index in [1.54, 1.807) is 0 Å². The van der Waals surface area contributed by atoms with Crippen LogP contribution in [-0.2, 0) is 14.8 Å². The number of morpholine rings is 1. The van der Waals surface area contributed by atoms with Crippen LogP contribution in [0.4, 0.5) is 11.4 Å². The Kier molecular flexibility index (Phi) is 4.08. The lowest BCUT2D eigenvalue weighted by Crippen LogP contribution is -2.45. The average molecular weight is 312 g/mol. The minimum absolute atomic E-state index is 0.0298. The summed E-state index contributed by atoms with van der Waals surface area (Å²) >= 11 is 0. The highest BCUT2D eigenvalue weighted by Crippen LogP contribution is 2.29. The standard InChI is InChI=1S/C11H12N4O5S/c12-6-9-7-14(3-4-20-9)21(18,19)11-2-1-8(13)5-10(11)15(16)17/h1-2,5,9H,3-4,7,13H2. The van der Waals surface area contributed by atoms with Gasteiger partial charge >= 0.3 is 0 Å². The zero-order chi connectivity index (χ0) is 15.6. The Hall–Kier alpha value is -2.22. The van der Waals surface area contributed by atoms with Crippen LogP contribution in [0.15, 0.2) is 23.1 Å². The second-order valence-electron chi connectivity index (χ2n) is 4.34. The Morgan fingerprint density at radius 1 is 1.52 bits per heavy atom. The van der Waals surface area contributed by atoms with Crippen LogP contribution in [0.5, 0.6) is 0 Å². The molecule has 1 aromatic rings. The van der Waals surface area contributed by atoms with Gasteiger partial charge in [-0.15, -0.1) is 0 Å². The lowest BCUT2D eigenvalue weighted by Gasteiger charge is -2.28. The normalized spacial score (nSPS) is 19.9.